The number of unbranched alkanes of at least 4 members (excludes halogenated alkanes) is 14. The third-order valence-electron chi connectivity index (χ3n) is 10.6. The highest BCUT2D eigenvalue weighted by atomic mass is 16.7. The molecule has 0 aliphatic carbocycles. The fourth-order valence-corrected chi connectivity index (χ4v) is 6.82. The van der Waals surface area contributed by atoms with E-state index < -0.39 is 49.5 Å². The average Bonchev–Trinajstić information content (AvgIpc) is 3.26. The topological polar surface area (TPSA) is 149 Å². The van der Waals surface area contributed by atoms with E-state index in [2.05, 4.69) is 104 Å². The van der Waals surface area contributed by atoms with Crippen molar-refractivity contribution < 1.29 is 39.8 Å². The van der Waals surface area contributed by atoms with Gasteiger partial charge >= 0.3 is 0 Å². The van der Waals surface area contributed by atoms with Gasteiger partial charge in [-0.05, 0) is 83.5 Å². The second-order valence-electron chi connectivity index (χ2n) is 16.2. The van der Waals surface area contributed by atoms with Crippen LogP contribution < -0.4 is 5.32 Å². The number of amides is 1. The first-order chi connectivity index (χ1) is 29.8. The van der Waals surface area contributed by atoms with E-state index >= 15 is 0 Å². The molecule has 9 nitrogen and oxygen atoms in total. The van der Waals surface area contributed by atoms with Gasteiger partial charge in [0, 0.05) is 6.42 Å². The monoisotopic (exact) mass is 854 g/mol. The minimum atomic E-state index is -1.59. The van der Waals surface area contributed by atoms with Crippen LogP contribution in [0.3, 0.4) is 0 Å². The van der Waals surface area contributed by atoms with Crippen molar-refractivity contribution in [3.05, 3.63) is 97.2 Å². The summed E-state index contributed by atoms with van der Waals surface area (Å²) in [7, 11) is 0. The largest absolute Gasteiger partial charge is 0.394 e. The molecule has 0 bridgehead atoms. The van der Waals surface area contributed by atoms with E-state index in [4.69, 9.17) is 9.47 Å². The Morgan fingerprint density at radius 3 is 1.57 bits per heavy atom. The lowest BCUT2D eigenvalue weighted by atomic mass is 9.99. The summed E-state index contributed by atoms with van der Waals surface area (Å²) in [4.78, 5) is 13.0. The maximum absolute atomic E-state index is 13.0. The molecule has 9 heteroatoms. The van der Waals surface area contributed by atoms with Crippen LogP contribution in [-0.4, -0.2) is 87.5 Å². The molecule has 7 atom stereocenters. The van der Waals surface area contributed by atoms with Crippen LogP contribution in [0.2, 0.25) is 0 Å². The number of ether oxygens (including phenoxy) is 2. The molecule has 1 heterocycles. The van der Waals surface area contributed by atoms with Gasteiger partial charge in [-0.1, -0.05) is 175 Å². The molecule has 6 N–H and O–H groups in total. The Bertz CT molecular complexity index is 1270. The first-order valence-corrected chi connectivity index (χ1v) is 24.0. The van der Waals surface area contributed by atoms with Crippen molar-refractivity contribution >= 4 is 5.91 Å². The lowest BCUT2D eigenvalue weighted by Crippen LogP contribution is -2.60. The molecule has 0 aromatic heterocycles. The molecule has 0 aromatic rings. The summed E-state index contributed by atoms with van der Waals surface area (Å²) >= 11 is 0. The zero-order valence-corrected chi connectivity index (χ0v) is 38.1. The van der Waals surface area contributed by atoms with Gasteiger partial charge in [0.2, 0.25) is 5.91 Å². The Kier molecular flexibility index (Phi) is 37.9. The number of hydrogen-bond donors (Lipinski definition) is 6. The van der Waals surface area contributed by atoms with Crippen molar-refractivity contribution in [2.75, 3.05) is 13.2 Å². The van der Waals surface area contributed by atoms with E-state index in [1.165, 1.54) is 70.6 Å². The summed E-state index contributed by atoms with van der Waals surface area (Å²) in [6.45, 7) is 3.60. The lowest BCUT2D eigenvalue weighted by Gasteiger charge is -2.40. The molecule has 1 amide bonds. The van der Waals surface area contributed by atoms with Gasteiger partial charge < -0.3 is 40.3 Å². The van der Waals surface area contributed by atoms with Crippen molar-refractivity contribution in [3.8, 4) is 0 Å². The van der Waals surface area contributed by atoms with Crippen LogP contribution in [0.4, 0.5) is 0 Å². The van der Waals surface area contributed by atoms with Gasteiger partial charge in [0.15, 0.2) is 6.29 Å². The van der Waals surface area contributed by atoms with Crippen LogP contribution in [-0.2, 0) is 14.3 Å². The molecule has 61 heavy (non-hydrogen) atoms. The highest BCUT2D eigenvalue weighted by Gasteiger charge is 2.44. The summed E-state index contributed by atoms with van der Waals surface area (Å²) in [6.07, 6.45) is 51.6. The SMILES string of the molecule is CC/C=C\C/C=C\C/C=C\C/C=C\C/C=C\C/C=C\CCCCC(=O)NC(COC1OC(CO)C(O)C(O)C1O)C(O)/C=C/CC/C=C/CCCCCCCCCCCCC. The Morgan fingerprint density at radius 2 is 1.03 bits per heavy atom. The minimum Gasteiger partial charge on any atom is -0.394 e. The highest BCUT2D eigenvalue weighted by molar-refractivity contribution is 5.76. The molecular formula is C52H87NO8. The number of aliphatic hydroxyl groups excluding tert-OH is 5. The van der Waals surface area contributed by atoms with Crippen molar-refractivity contribution in [1.82, 2.24) is 5.32 Å². The molecule has 1 rings (SSSR count). The Morgan fingerprint density at radius 1 is 0.574 bits per heavy atom. The Labute approximate surface area is 371 Å². The smallest absolute Gasteiger partial charge is 0.220 e. The number of aliphatic hydroxyl groups is 5. The molecule has 0 spiro atoms. The minimum absolute atomic E-state index is 0.225. The van der Waals surface area contributed by atoms with Gasteiger partial charge in [-0.3, -0.25) is 4.79 Å². The molecule has 1 aliphatic rings. The van der Waals surface area contributed by atoms with E-state index in [-0.39, 0.29) is 18.9 Å². The number of allylic oxidation sites excluding steroid dienone is 15. The van der Waals surface area contributed by atoms with Crippen molar-refractivity contribution in [2.24, 2.45) is 0 Å². The fourth-order valence-electron chi connectivity index (χ4n) is 6.82. The Balaban J connectivity index is 2.42. The highest BCUT2D eigenvalue weighted by Crippen LogP contribution is 2.22. The summed E-state index contributed by atoms with van der Waals surface area (Å²) in [6, 6.07) is -0.851. The second kappa shape index (κ2) is 41.1. The number of nitrogens with one attached hydrogen (secondary N) is 1. The van der Waals surface area contributed by atoms with Crippen LogP contribution in [0.25, 0.3) is 0 Å². The number of carbonyl (C=O) groups excluding carboxylic acids is 1. The summed E-state index contributed by atoms with van der Waals surface area (Å²) < 4.78 is 11.2. The summed E-state index contributed by atoms with van der Waals surface area (Å²) in [5, 5.41) is 54.2. The van der Waals surface area contributed by atoms with Gasteiger partial charge in [-0.25, -0.2) is 0 Å². The van der Waals surface area contributed by atoms with Crippen LogP contribution >= 0.6 is 0 Å². The maximum atomic E-state index is 13.0. The van der Waals surface area contributed by atoms with E-state index in [9.17, 15) is 30.3 Å². The van der Waals surface area contributed by atoms with Gasteiger partial charge in [0.05, 0.1) is 25.4 Å². The molecule has 348 valence electrons. The lowest BCUT2D eigenvalue weighted by molar-refractivity contribution is -0.302. The van der Waals surface area contributed by atoms with Crippen molar-refractivity contribution in [3.63, 3.8) is 0 Å². The quantitative estimate of drug-likeness (QED) is 0.0266. The molecule has 7 unspecified atom stereocenters. The number of carbonyl (C=O) groups is 1. The zero-order chi connectivity index (χ0) is 44.4. The first kappa shape index (κ1) is 56.1. The van der Waals surface area contributed by atoms with Crippen LogP contribution in [0.1, 0.15) is 168 Å². The molecule has 1 fully saturated rings. The standard InChI is InChI=1S/C52H87NO8/c1-3-5-7-9-11-13-15-17-19-21-22-23-24-26-28-30-32-34-36-38-40-42-48(56)53-45(44-60-52-51(59)50(58)49(57)47(43-54)61-52)46(55)41-39-37-35-33-31-29-27-25-20-18-16-14-12-10-8-6-4-2/h5,7,11,13,17,19,22-23,26,28,31-34,39,41,45-47,49-52,54-55,57-59H,3-4,6,8-10,12,14-16,18,20-21,24-25,27,29-30,35-38,40,42-44H2,1-2H3,(H,53,56)/b7-5-,13-11-,19-17-,23-22-,28-26-,33-31+,34-32-,41-39+. The predicted octanol–water partition coefficient (Wildman–Crippen LogP) is 10.5. The molecule has 1 aliphatic heterocycles. The Hall–Kier alpha value is -2.89. The number of hydrogen-bond acceptors (Lipinski definition) is 8. The molecule has 1 saturated heterocycles. The fraction of sp³-hybridized carbons (Fsp3) is 0.673. The second-order valence-corrected chi connectivity index (χ2v) is 16.2. The summed E-state index contributed by atoms with van der Waals surface area (Å²) in [5.74, 6) is -0.233. The van der Waals surface area contributed by atoms with Crippen LogP contribution in [0, 0.1) is 0 Å². The number of rotatable bonds is 38. The first-order valence-electron chi connectivity index (χ1n) is 24.0. The van der Waals surface area contributed by atoms with E-state index in [1.54, 1.807) is 6.08 Å². The average molecular weight is 854 g/mol. The molecule has 0 saturated carbocycles. The third-order valence-corrected chi connectivity index (χ3v) is 10.6. The van der Waals surface area contributed by atoms with E-state index in [0.717, 1.165) is 70.6 Å². The maximum Gasteiger partial charge on any atom is 0.220 e. The van der Waals surface area contributed by atoms with Crippen LogP contribution in [0.5, 0.6) is 0 Å². The predicted molar refractivity (Wildman–Crippen MR) is 253 cm³/mol. The van der Waals surface area contributed by atoms with Gasteiger partial charge in [0.1, 0.15) is 24.4 Å². The van der Waals surface area contributed by atoms with Gasteiger partial charge in [-0.2, -0.15) is 0 Å². The van der Waals surface area contributed by atoms with Gasteiger partial charge in [0.25, 0.3) is 0 Å². The molecule has 0 radical (unpaired) electrons. The normalized spacial score (nSPS) is 21.3. The van der Waals surface area contributed by atoms with E-state index in [0.29, 0.717) is 6.42 Å². The summed E-state index contributed by atoms with van der Waals surface area (Å²) in [5.41, 5.74) is 0. The zero-order valence-electron chi connectivity index (χ0n) is 38.1. The van der Waals surface area contributed by atoms with Crippen molar-refractivity contribution in [2.45, 2.75) is 211 Å². The molecule has 0 aromatic carbocycles. The van der Waals surface area contributed by atoms with Gasteiger partial charge in [-0.15, -0.1) is 0 Å². The van der Waals surface area contributed by atoms with Crippen LogP contribution in [0.15, 0.2) is 97.2 Å². The molecular weight excluding hydrogens is 767 g/mol. The van der Waals surface area contributed by atoms with Crippen molar-refractivity contribution in [1.29, 1.82) is 0 Å². The van der Waals surface area contributed by atoms with E-state index in [1.807, 2.05) is 6.08 Å². The third kappa shape index (κ3) is 31.6.